The summed E-state index contributed by atoms with van der Waals surface area (Å²) in [6, 6.07) is 5.68. The van der Waals surface area contributed by atoms with Gasteiger partial charge in [0.05, 0.1) is 0 Å². The molecule has 18 heavy (non-hydrogen) atoms. The molecule has 1 heterocycles. The molecule has 1 aromatic carbocycles. The summed E-state index contributed by atoms with van der Waals surface area (Å²) in [6.07, 6.45) is 1.78. The van der Waals surface area contributed by atoms with Crippen LogP contribution in [0.4, 0.5) is 13.2 Å². The third kappa shape index (κ3) is 2.32. The third-order valence-electron chi connectivity index (χ3n) is 2.66. The van der Waals surface area contributed by atoms with E-state index in [0.717, 1.165) is 23.4 Å². The van der Waals surface area contributed by atoms with Crippen molar-refractivity contribution in [1.82, 2.24) is 4.57 Å². The lowest BCUT2D eigenvalue weighted by atomic mass is 10.2. The van der Waals surface area contributed by atoms with Crippen LogP contribution in [-0.2, 0) is 6.54 Å². The Morgan fingerprint density at radius 2 is 1.83 bits per heavy atom. The van der Waals surface area contributed by atoms with Crippen LogP contribution in [0, 0.1) is 17.5 Å². The highest BCUT2D eigenvalue weighted by atomic mass is 19.2. The summed E-state index contributed by atoms with van der Waals surface area (Å²) in [4.78, 5) is 0. The Kier molecular flexibility index (Phi) is 3.28. The van der Waals surface area contributed by atoms with Crippen LogP contribution in [0.15, 0.2) is 37.0 Å². The van der Waals surface area contributed by atoms with Crippen LogP contribution in [0.25, 0.3) is 5.57 Å². The highest BCUT2D eigenvalue weighted by Gasteiger charge is 2.11. The number of nitrogens with zero attached hydrogens (tertiary/aromatic N) is 1. The first kappa shape index (κ1) is 12.5. The van der Waals surface area contributed by atoms with Gasteiger partial charge in [0.2, 0.25) is 0 Å². The van der Waals surface area contributed by atoms with E-state index in [1.807, 2.05) is 19.1 Å². The van der Waals surface area contributed by atoms with E-state index in [2.05, 4.69) is 6.58 Å². The van der Waals surface area contributed by atoms with Gasteiger partial charge in [-0.25, -0.2) is 13.2 Å². The summed E-state index contributed by atoms with van der Waals surface area (Å²) >= 11 is 0. The van der Waals surface area contributed by atoms with Gasteiger partial charge in [-0.3, -0.25) is 0 Å². The minimum atomic E-state index is -1.44. The molecule has 0 unspecified atom stereocenters. The van der Waals surface area contributed by atoms with Gasteiger partial charge in [0, 0.05) is 18.4 Å². The van der Waals surface area contributed by atoms with Crippen LogP contribution in [0.2, 0.25) is 0 Å². The van der Waals surface area contributed by atoms with Crippen molar-refractivity contribution in [3.8, 4) is 0 Å². The number of aromatic nitrogens is 1. The average Bonchev–Trinajstić information content (AvgIpc) is 2.74. The van der Waals surface area contributed by atoms with Crippen LogP contribution < -0.4 is 0 Å². The Morgan fingerprint density at radius 1 is 1.22 bits per heavy atom. The van der Waals surface area contributed by atoms with E-state index in [9.17, 15) is 13.2 Å². The number of rotatable bonds is 3. The second kappa shape index (κ2) is 4.72. The molecule has 94 valence electrons. The van der Waals surface area contributed by atoms with Gasteiger partial charge >= 0.3 is 0 Å². The molecule has 0 fully saturated rings. The fourth-order valence-corrected chi connectivity index (χ4v) is 1.84. The maximum Gasteiger partial charge on any atom is 0.194 e. The molecule has 0 saturated carbocycles. The normalized spacial score (nSPS) is 10.7. The molecular weight excluding hydrogens is 239 g/mol. The molecule has 0 N–H and O–H groups in total. The molecule has 0 bridgehead atoms. The van der Waals surface area contributed by atoms with Crippen LogP contribution in [0.1, 0.15) is 18.2 Å². The first-order chi connectivity index (χ1) is 8.49. The molecular formula is C14H12F3N. The van der Waals surface area contributed by atoms with Crippen LogP contribution in [0.3, 0.4) is 0 Å². The molecule has 0 spiro atoms. The van der Waals surface area contributed by atoms with Gasteiger partial charge in [-0.2, -0.15) is 0 Å². The maximum atomic E-state index is 13.1. The molecule has 4 heteroatoms. The van der Waals surface area contributed by atoms with E-state index >= 15 is 0 Å². The summed E-state index contributed by atoms with van der Waals surface area (Å²) in [5.74, 6) is -3.78. The highest BCUT2D eigenvalue weighted by Crippen LogP contribution is 2.18. The van der Waals surface area contributed by atoms with Crippen molar-refractivity contribution in [3.63, 3.8) is 0 Å². The van der Waals surface area contributed by atoms with Crippen molar-refractivity contribution < 1.29 is 13.2 Å². The fraction of sp³-hybridized carbons (Fsp3) is 0.143. The number of hydrogen-bond donors (Lipinski definition) is 0. The van der Waals surface area contributed by atoms with Gasteiger partial charge in [0.1, 0.15) is 0 Å². The van der Waals surface area contributed by atoms with Gasteiger partial charge in [-0.05, 0) is 42.3 Å². The summed E-state index contributed by atoms with van der Waals surface area (Å²) in [6.45, 7) is 5.93. The van der Waals surface area contributed by atoms with E-state index < -0.39 is 17.5 Å². The Morgan fingerprint density at radius 3 is 2.39 bits per heavy atom. The van der Waals surface area contributed by atoms with Gasteiger partial charge < -0.3 is 4.57 Å². The van der Waals surface area contributed by atoms with Crippen LogP contribution >= 0.6 is 0 Å². The van der Waals surface area contributed by atoms with Gasteiger partial charge in [-0.15, -0.1) is 0 Å². The van der Waals surface area contributed by atoms with Gasteiger partial charge in [0.15, 0.2) is 17.5 Å². The smallest absolute Gasteiger partial charge is 0.194 e. The quantitative estimate of drug-likeness (QED) is 0.727. The molecule has 1 aromatic heterocycles. The van der Waals surface area contributed by atoms with Crippen molar-refractivity contribution in [3.05, 3.63) is 65.8 Å². The predicted molar refractivity (Wildman–Crippen MR) is 64.6 cm³/mol. The van der Waals surface area contributed by atoms with Crippen molar-refractivity contribution in [2.45, 2.75) is 13.5 Å². The molecule has 0 saturated heterocycles. The molecule has 0 atom stereocenters. The number of benzene rings is 1. The second-order valence-corrected chi connectivity index (χ2v) is 4.18. The van der Waals surface area contributed by atoms with E-state index in [1.165, 1.54) is 0 Å². The van der Waals surface area contributed by atoms with E-state index in [-0.39, 0.29) is 6.54 Å². The zero-order valence-corrected chi connectivity index (χ0v) is 9.88. The Labute approximate surface area is 103 Å². The van der Waals surface area contributed by atoms with E-state index in [4.69, 9.17) is 0 Å². The zero-order valence-electron chi connectivity index (χ0n) is 9.88. The Balaban J connectivity index is 2.34. The van der Waals surface area contributed by atoms with Gasteiger partial charge in [-0.1, -0.05) is 6.58 Å². The lowest BCUT2D eigenvalue weighted by molar-refractivity contribution is 0.444. The molecule has 0 aliphatic carbocycles. The second-order valence-electron chi connectivity index (χ2n) is 4.18. The van der Waals surface area contributed by atoms with Crippen molar-refractivity contribution in [2.75, 3.05) is 0 Å². The van der Waals surface area contributed by atoms with Crippen molar-refractivity contribution >= 4 is 5.57 Å². The summed E-state index contributed by atoms with van der Waals surface area (Å²) in [5, 5.41) is 0. The predicted octanol–water partition coefficient (Wildman–Crippen LogP) is 3.99. The fourth-order valence-electron chi connectivity index (χ4n) is 1.84. The Bertz CT molecular complexity index is 576. The molecule has 2 rings (SSSR count). The number of hydrogen-bond acceptors (Lipinski definition) is 0. The lowest BCUT2D eigenvalue weighted by Gasteiger charge is -2.09. The van der Waals surface area contributed by atoms with Crippen molar-refractivity contribution in [1.29, 1.82) is 0 Å². The topological polar surface area (TPSA) is 4.93 Å². The lowest BCUT2D eigenvalue weighted by Crippen LogP contribution is -2.04. The largest absolute Gasteiger partial charge is 0.343 e. The minimum Gasteiger partial charge on any atom is -0.343 e. The Hall–Kier alpha value is -1.97. The van der Waals surface area contributed by atoms with Crippen LogP contribution in [-0.4, -0.2) is 4.57 Å². The standard InChI is InChI=1S/C14H12F3N/c1-9(2)13-4-3-5-18(13)8-10-6-11(15)14(17)12(16)7-10/h3-7H,1,8H2,2H3. The summed E-state index contributed by atoms with van der Waals surface area (Å²) in [7, 11) is 0. The minimum absolute atomic E-state index is 0.267. The van der Waals surface area contributed by atoms with Crippen LogP contribution in [0.5, 0.6) is 0 Å². The first-order valence-corrected chi connectivity index (χ1v) is 5.43. The molecule has 1 nitrogen and oxygen atoms in total. The third-order valence-corrected chi connectivity index (χ3v) is 2.66. The molecule has 0 amide bonds. The van der Waals surface area contributed by atoms with Gasteiger partial charge in [0.25, 0.3) is 0 Å². The highest BCUT2D eigenvalue weighted by molar-refractivity contribution is 5.58. The summed E-state index contributed by atoms with van der Waals surface area (Å²) < 4.78 is 40.8. The summed E-state index contributed by atoms with van der Waals surface area (Å²) in [5.41, 5.74) is 2.09. The SMILES string of the molecule is C=C(C)c1cccn1Cc1cc(F)c(F)c(F)c1. The monoisotopic (exact) mass is 251 g/mol. The van der Waals surface area contributed by atoms with E-state index in [0.29, 0.717) is 5.56 Å². The molecule has 2 aromatic rings. The zero-order chi connectivity index (χ0) is 13.3. The first-order valence-electron chi connectivity index (χ1n) is 5.43. The molecule has 0 aliphatic rings. The molecule has 0 radical (unpaired) electrons. The number of allylic oxidation sites excluding steroid dienone is 1. The average molecular weight is 251 g/mol. The van der Waals surface area contributed by atoms with E-state index in [1.54, 1.807) is 10.8 Å². The number of halogens is 3. The molecule has 0 aliphatic heterocycles. The maximum absolute atomic E-state index is 13.1. The van der Waals surface area contributed by atoms with Crippen molar-refractivity contribution in [2.24, 2.45) is 0 Å².